The quantitative estimate of drug-likeness (QED) is 0.178. The third-order valence-corrected chi connectivity index (χ3v) is 8.65. The summed E-state index contributed by atoms with van der Waals surface area (Å²) in [6.07, 6.45) is 3.01. The molecule has 2 amide bonds. The van der Waals surface area contributed by atoms with E-state index in [0.29, 0.717) is 37.8 Å². The van der Waals surface area contributed by atoms with Crippen LogP contribution in [0.1, 0.15) is 117 Å². The summed E-state index contributed by atoms with van der Waals surface area (Å²) < 4.78 is 36.1. The van der Waals surface area contributed by atoms with E-state index in [1.807, 2.05) is 0 Å². The Balaban J connectivity index is 1.58. The van der Waals surface area contributed by atoms with Crippen LogP contribution in [-0.4, -0.2) is 78.1 Å². The second-order valence-corrected chi connectivity index (χ2v) is 16.3. The highest BCUT2D eigenvalue weighted by Gasteiger charge is 2.53. The number of aryl methyl sites for hydroxylation is 1. The minimum absolute atomic E-state index is 0.00168. The number of hydrogen-bond donors (Lipinski definition) is 1. The lowest BCUT2D eigenvalue weighted by molar-refractivity contribution is -0.140. The van der Waals surface area contributed by atoms with Crippen LogP contribution in [0.2, 0.25) is 6.32 Å². The van der Waals surface area contributed by atoms with Crippen molar-refractivity contribution in [3.63, 3.8) is 0 Å². The summed E-state index contributed by atoms with van der Waals surface area (Å²) in [6, 6.07) is 3.41. The molecule has 2 N–H and O–H groups in total. The lowest BCUT2D eigenvalue weighted by Gasteiger charge is -2.43. The molecule has 0 aromatic heterocycles. The summed E-state index contributed by atoms with van der Waals surface area (Å²) in [6.45, 7) is 17.6. The van der Waals surface area contributed by atoms with Gasteiger partial charge in [-0.05, 0) is 104 Å². The molecule has 2 unspecified atom stereocenters. The van der Waals surface area contributed by atoms with Gasteiger partial charge in [0.05, 0.1) is 24.8 Å². The molecular formula is C35H53BN2O10. The Labute approximate surface area is 284 Å². The van der Waals surface area contributed by atoms with Crippen LogP contribution in [0.25, 0.3) is 0 Å². The van der Waals surface area contributed by atoms with E-state index in [0.717, 1.165) is 19.3 Å². The van der Waals surface area contributed by atoms with E-state index >= 15 is 0 Å². The third-order valence-electron chi connectivity index (χ3n) is 8.65. The van der Waals surface area contributed by atoms with Gasteiger partial charge in [0.25, 0.3) is 0 Å². The molecule has 2 atom stereocenters. The zero-order chi connectivity index (χ0) is 35.7. The van der Waals surface area contributed by atoms with Crippen LogP contribution in [0.4, 0.5) is 4.79 Å². The fourth-order valence-corrected chi connectivity index (χ4v) is 6.58. The van der Waals surface area contributed by atoms with Crippen molar-refractivity contribution in [3.05, 3.63) is 23.3 Å². The van der Waals surface area contributed by atoms with Crippen molar-refractivity contribution in [3.8, 4) is 11.5 Å². The number of nitrogens with zero attached hydrogens (tertiary/aromatic N) is 1. The van der Waals surface area contributed by atoms with E-state index in [2.05, 4.69) is 20.8 Å². The van der Waals surface area contributed by atoms with Crippen molar-refractivity contribution in [1.29, 1.82) is 0 Å². The molecule has 0 radical (unpaired) electrons. The number of benzene rings is 1. The zero-order valence-corrected chi connectivity index (χ0v) is 30.1. The number of ether oxygens (including phenoxy) is 4. The molecule has 0 bridgehead atoms. The maximum atomic E-state index is 13.8. The molecule has 1 aliphatic carbocycles. The first-order chi connectivity index (χ1) is 22.1. The minimum Gasteiger partial charge on any atom is -0.486 e. The molecule has 1 aromatic carbocycles. The van der Waals surface area contributed by atoms with Gasteiger partial charge in [0.1, 0.15) is 28.6 Å². The summed E-state index contributed by atoms with van der Waals surface area (Å²) in [5, 5.41) is 0. The number of rotatable bonds is 11. The van der Waals surface area contributed by atoms with Crippen LogP contribution in [0.15, 0.2) is 12.1 Å². The molecule has 13 heteroatoms. The Hall–Kier alpha value is -3.32. The molecule has 1 saturated carbocycles. The molecule has 1 aromatic rings. The average Bonchev–Trinajstić information content (AvgIpc) is 3.21. The maximum absolute atomic E-state index is 13.8. The predicted octanol–water partition coefficient (Wildman–Crippen LogP) is 5.62. The van der Waals surface area contributed by atoms with E-state index in [9.17, 15) is 19.2 Å². The number of carbonyl (C=O) groups excluding carboxylic acids is 4. The third kappa shape index (κ3) is 10.1. The monoisotopic (exact) mass is 672 g/mol. The van der Waals surface area contributed by atoms with Gasteiger partial charge in [0.2, 0.25) is 11.8 Å². The van der Waals surface area contributed by atoms with E-state index in [1.54, 1.807) is 58.6 Å². The number of carbonyl (C=O) groups is 4. The van der Waals surface area contributed by atoms with Gasteiger partial charge in [-0.25, -0.2) is 9.59 Å². The van der Waals surface area contributed by atoms with E-state index in [1.165, 1.54) is 0 Å². The number of amides is 2. The van der Waals surface area contributed by atoms with Crippen LogP contribution in [-0.2, 0) is 34.8 Å². The first-order valence-electron chi connectivity index (χ1n) is 17.0. The zero-order valence-electron chi connectivity index (χ0n) is 30.1. The number of esters is 1. The number of primary amides is 1. The smallest absolute Gasteiger partial charge is 0.486 e. The minimum atomic E-state index is -0.976. The van der Waals surface area contributed by atoms with Gasteiger partial charge in [-0.1, -0.05) is 19.9 Å². The van der Waals surface area contributed by atoms with Gasteiger partial charge in [-0.15, -0.1) is 0 Å². The highest BCUT2D eigenvalue weighted by Crippen LogP contribution is 2.48. The highest BCUT2D eigenvalue weighted by molar-refractivity contribution is 6.45. The van der Waals surface area contributed by atoms with Crippen LogP contribution in [0.3, 0.4) is 0 Å². The molecule has 48 heavy (non-hydrogen) atoms. The van der Waals surface area contributed by atoms with E-state index < -0.39 is 42.5 Å². The predicted molar refractivity (Wildman–Crippen MR) is 179 cm³/mol. The van der Waals surface area contributed by atoms with Gasteiger partial charge in [0, 0.05) is 12.8 Å². The van der Waals surface area contributed by atoms with Gasteiger partial charge in [-0.2, -0.15) is 0 Å². The molecule has 2 aliphatic heterocycles. The van der Waals surface area contributed by atoms with Gasteiger partial charge < -0.3 is 38.9 Å². The number of nitrogens with two attached hydrogens (primary N) is 1. The Morgan fingerprint density at radius 2 is 1.67 bits per heavy atom. The molecule has 266 valence electrons. The standard InChI is InChI=1S/C35H53BN2O10/c1-32(2,3)45-30(41)28-24(43-23-19-38(20-23)27(40)12-10-11-26(37)39)14-13-22(29(28)44-31(42)46-33(4,5)6)16-18-36-47-25-15-17-34(7,8)21-35(25,9)48-36/h13-14,23,25H,10-12,15-21H2,1-9H3,(H2,37,39). The summed E-state index contributed by atoms with van der Waals surface area (Å²) in [5.41, 5.74) is 3.76. The largest absolute Gasteiger partial charge is 0.514 e. The maximum Gasteiger partial charge on any atom is 0.514 e. The second kappa shape index (κ2) is 14.3. The van der Waals surface area contributed by atoms with Crippen molar-refractivity contribution < 1.29 is 47.4 Å². The molecule has 3 fully saturated rings. The Bertz CT molecular complexity index is 1380. The fraction of sp³-hybridized carbons (Fsp3) is 0.714. The van der Waals surface area contributed by atoms with E-state index in [4.69, 9.17) is 34.0 Å². The molecule has 2 heterocycles. The van der Waals surface area contributed by atoms with Gasteiger partial charge in [-0.3, -0.25) is 9.59 Å². The van der Waals surface area contributed by atoms with Crippen molar-refractivity contribution in [2.24, 2.45) is 11.1 Å². The average molecular weight is 673 g/mol. The molecule has 0 spiro atoms. The Kier molecular flexibility index (Phi) is 11.1. The van der Waals surface area contributed by atoms with Crippen LogP contribution >= 0.6 is 0 Å². The van der Waals surface area contributed by atoms with Crippen LogP contribution in [0, 0.1) is 5.41 Å². The lowest BCUT2D eigenvalue weighted by atomic mass is 9.69. The van der Waals surface area contributed by atoms with E-state index in [-0.39, 0.29) is 52.9 Å². The van der Waals surface area contributed by atoms with Gasteiger partial charge in [0.15, 0.2) is 5.75 Å². The van der Waals surface area contributed by atoms with Crippen molar-refractivity contribution >= 4 is 31.1 Å². The van der Waals surface area contributed by atoms with Gasteiger partial charge >= 0.3 is 19.2 Å². The SMILES string of the molecule is CC1(C)CCC2OB(CCc3ccc(OC4CN(C(=O)CCCC(N)=O)C4)c(C(=O)OC(C)(C)C)c3OC(=O)OC(C)(C)C)OC2(C)C1. The number of hydrogen-bond acceptors (Lipinski definition) is 10. The molecular weight excluding hydrogens is 619 g/mol. The first kappa shape index (κ1) is 37.5. The summed E-state index contributed by atoms with van der Waals surface area (Å²) in [4.78, 5) is 52.1. The summed E-state index contributed by atoms with van der Waals surface area (Å²) >= 11 is 0. The van der Waals surface area contributed by atoms with Crippen molar-refractivity contribution in [2.45, 2.75) is 143 Å². The molecule has 2 saturated heterocycles. The lowest BCUT2D eigenvalue weighted by Crippen LogP contribution is -2.56. The Morgan fingerprint density at radius 1 is 1.00 bits per heavy atom. The second-order valence-electron chi connectivity index (χ2n) is 16.3. The fourth-order valence-electron chi connectivity index (χ4n) is 6.58. The molecule has 3 aliphatic rings. The van der Waals surface area contributed by atoms with Crippen molar-refractivity contribution in [2.75, 3.05) is 13.1 Å². The normalized spacial score (nSPS) is 22.4. The number of likely N-dealkylation sites (tertiary alicyclic amines) is 1. The Morgan fingerprint density at radius 3 is 2.29 bits per heavy atom. The van der Waals surface area contributed by atoms with Crippen LogP contribution < -0.4 is 15.2 Å². The topological polar surface area (TPSA) is 153 Å². The first-order valence-corrected chi connectivity index (χ1v) is 17.0. The summed E-state index contributed by atoms with van der Waals surface area (Å²) in [5.74, 6) is -1.15. The van der Waals surface area contributed by atoms with Crippen molar-refractivity contribution in [1.82, 2.24) is 4.90 Å². The highest BCUT2D eigenvalue weighted by atomic mass is 16.7. The molecule has 4 rings (SSSR count). The molecule has 12 nitrogen and oxygen atoms in total. The summed E-state index contributed by atoms with van der Waals surface area (Å²) in [7, 11) is -0.467. The number of fused-ring (bicyclic) bond motifs is 1. The van der Waals surface area contributed by atoms with Crippen LogP contribution in [0.5, 0.6) is 11.5 Å².